The van der Waals surface area contributed by atoms with Crippen molar-refractivity contribution in [3.05, 3.63) is 0 Å². The Morgan fingerprint density at radius 2 is 1.07 bits per heavy atom. The average molecular weight is 1230 g/mol. The van der Waals surface area contributed by atoms with Gasteiger partial charge < -0.3 is 139 Å². The zero-order chi connectivity index (χ0) is 61.4. The first-order valence-corrected chi connectivity index (χ1v) is 30.7. The molecule has 6 saturated heterocycles. The Balaban J connectivity index is 0.764. The van der Waals surface area contributed by atoms with Gasteiger partial charge in [-0.3, -0.25) is 0 Å². The van der Waals surface area contributed by atoms with Crippen molar-refractivity contribution in [2.45, 2.75) is 257 Å². The summed E-state index contributed by atoms with van der Waals surface area (Å²) in [7, 11) is 1.71. The minimum atomic E-state index is -2.02. The lowest BCUT2D eigenvalue weighted by molar-refractivity contribution is -0.404. The molecular weight excluding hydrogens is 1130 g/mol. The highest BCUT2D eigenvalue weighted by Crippen LogP contribution is 2.71. The Bertz CT molecular complexity index is 2150. The Morgan fingerprint density at radius 1 is 0.518 bits per heavy atom. The molecule has 0 amide bonds. The van der Waals surface area contributed by atoms with Crippen LogP contribution in [0.2, 0.25) is 0 Å². The van der Waals surface area contributed by atoms with E-state index in [0.29, 0.717) is 43.4 Å². The lowest BCUT2D eigenvalue weighted by Gasteiger charge is -2.61. The van der Waals surface area contributed by atoms with Gasteiger partial charge in [0.2, 0.25) is 0 Å². The number of aliphatic hydroxyl groups excluding tert-OH is 16. The Kier molecular flexibility index (Phi) is 21.1. The molecule has 4 aliphatic carbocycles. The smallest absolute Gasteiger partial charge is 0.187 e. The molecule has 0 bridgehead atoms. The lowest BCUT2D eigenvalue weighted by atomic mass is 9.44. The summed E-state index contributed by atoms with van der Waals surface area (Å²) in [4.78, 5) is 0. The monoisotopic (exact) mass is 1230 g/mol. The fraction of sp³-hybridized carbons (Fsp3) is 1.00. The van der Waals surface area contributed by atoms with Gasteiger partial charge in [-0.05, 0) is 104 Å². The maximum atomic E-state index is 11.9. The molecule has 0 aromatic heterocycles. The predicted octanol–water partition coefficient (Wildman–Crippen LogP) is -4.84. The van der Waals surface area contributed by atoms with Crippen LogP contribution in [0.5, 0.6) is 0 Å². The van der Waals surface area contributed by atoms with E-state index in [1.807, 2.05) is 6.92 Å². The maximum absolute atomic E-state index is 11.9. The van der Waals surface area contributed by atoms with Crippen LogP contribution in [0, 0.1) is 52.3 Å². The molecule has 0 radical (unpaired) electrons. The summed E-state index contributed by atoms with van der Waals surface area (Å²) in [6.07, 6.45) is -32.1. The van der Waals surface area contributed by atoms with Crippen LogP contribution < -0.4 is 0 Å². The van der Waals surface area contributed by atoms with Crippen molar-refractivity contribution in [1.29, 1.82) is 0 Å². The van der Waals surface area contributed by atoms with E-state index in [-0.39, 0.29) is 47.2 Å². The molecule has 10 aliphatic rings. The van der Waals surface area contributed by atoms with Gasteiger partial charge in [-0.25, -0.2) is 0 Å². The van der Waals surface area contributed by atoms with Crippen molar-refractivity contribution in [2.75, 3.05) is 46.8 Å². The molecule has 6 heterocycles. The topological polar surface area (TPSA) is 434 Å². The van der Waals surface area contributed by atoms with Gasteiger partial charge in [0.15, 0.2) is 37.2 Å². The van der Waals surface area contributed by atoms with Crippen LogP contribution in [0.4, 0.5) is 0 Å². The van der Waals surface area contributed by atoms with E-state index in [1.165, 1.54) is 0 Å². The van der Waals surface area contributed by atoms with Gasteiger partial charge in [0.25, 0.3) is 0 Å². The van der Waals surface area contributed by atoms with Gasteiger partial charge in [-0.15, -0.1) is 0 Å². The molecule has 16 N–H and O–H groups in total. The molecule has 85 heavy (non-hydrogen) atoms. The molecule has 6 aliphatic heterocycles. The van der Waals surface area contributed by atoms with E-state index >= 15 is 0 Å². The molecule has 36 atom stereocenters. The van der Waals surface area contributed by atoms with E-state index in [9.17, 15) is 81.7 Å². The van der Waals surface area contributed by atoms with Crippen LogP contribution in [0.15, 0.2) is 0 Å². The van der Waals surface area contributed by atoms with Crippen LogP contribution in [-0.4, -0.2) is 294 Å². The van der Waals surface area contributed by atoms with E-state index in [4.69, 9.17) is 56.8 Å². The number of rotatable bonds is 19. The van der Waals surface area contributed by atoms with Gasteiger partial charge in [-0.2, -0.15) is 0 Å². The molecule has 0 spiro atoms. The highest BCUT2D eigenvalue weighted by Gasteiger charge is 2.69. The number of hydrogen-bond donors (Lipinski definition) is 16. The van der Waals surface area contributed by atoms with Crippen molar-refractivity contribution >= 4 is 0 Å². The van der Waals surface area contributed by atoms with Gasteiger partial charge in [-0.1, -0.05) is 27.7 Å². The fourth-order valence-electron chi connectivity index (χ4n) is 17.2. The van der Waals surface area contributed by atoms with Crippen LogP contribution in [0.3, 0.4) is 0 Å². The summed E-state index contributed by atoms with van der Waals surface area (Å²) in [5.74, 6) is 1.23. The van der Waals surface area contributed by atoms with Crippen LogP contribution in [-0.2, 0) is 56.8 Å². The predicted molar refractivity (Wildman–Crippen MR) is 283 cm³/mol. The number of methoxy groups -OCH3 is 1. The van der Waals surface area contributed by atoms with Crippen LogP contribution in [0.1, 0.15) is 91.9 Å². The van der Waals surface area contributed by atoms with Gasteiger partial charge in [0.05, 0.1) is 51.8 Å². The maximum Gasteiger partial charge on any atom is 0.187 e. The molecule has 4 saturated carbocycles. The van der Waals surface area contributed by atoms with Crippen LogP contribution >= 0.6 is 0 Å². The zero-order valence-electron chi connectivity index (χ0n) is 48.9. The Morgan fingerprint density at radius 3 is 1.73 bits per heavy atom. The van der Waals surface area contributed by atoms with Crippen molar-refractivity contribution in [3.8, 4) is 0 Å². The van der Waals surface area contributed by atoms with E-state index in [0.717, 1.165) is 38.5 Å². The van der Waals surface area contributed by atoms with Crippen molar-refractivity contribution in [1.82, 2.24) is 0 Å². The molecule has 492 valence electrons. The zero-order valence-corrected chi connectivity index (χ0v) is 48.9. The number of ether oxygens (including phenoxy) is 12. The first kappa shape index (κ1) is 66.8. The second-order valence-corrected chi connectivity index (χ2v) is 26.8. The van der Waals surface area contributed by atoms with Gasteiger partial charge in [0.1, 0.15) is 116 Å². The first-order chi connectivity index (χ1) is 40.4. The van der Waals surface area contributed by atoms with Crippen molar-refractivity contribution in [3.63, 3.8) is 0 Å². The fourth-order valence-corrected chi connectivity index (χ4v) is 17.2. The summed E-state index contributed by atoms with van der Waals surface area (Å²) in [6.45, 7) is 5.72. The lowest BCUT2D eigenvalue weighted by Crippen LogP contribution is -2.68. The van der Waals surface area contributed by atoms with Gasteiger partial charge >= 0.3 is 0 Å². The second kappa shape index (κ2) is 26.8. The molecule has 10 fully saturated rings. The molecule has 0 aromatic carbocycles. The largest absolute Gasteiger partial charge is 0.394 e. The third-order valence-corrected chi connectivity index (χ3v) is 22.1. The van der Waals surface area contributed by atoms with Gasteiger partial charge in [0, 0.05) is 19.4 Å². The minimum Gasteiger partial charge on any atom is -0.394 e. The highest BCUT2D eigenvalue weighted by molar-refractivity contribution is 5.15. The molecule has 28 heteroatoms. The SMILES string of the molecule is CO[C@]1(CC[C@H](C)CO[C@@H]2O[C@H](CO)[C@@H](O)[C@H](O)[C@H]2O)OC2CC3C4CC[C@H]5C[C@@H](O[C@@H]6O[C@H](CO)[C@H](O[C@@H]7O[C@H](CO)[C@@H](O)[C@H](O[C@@H]8OC[C@@H](O)[C@H](O)[C@H]8O)[C@H]7O[C@@H]7O[C@H](CO)[C@@H](O)[C@H](O)[C@H]7O)[C@H](O)[C@H]6O)CC[C@]5(C)C4CC[C@]3(C)C2[C@@H]1C. The summed E-state index contributed by atoms with van der Waals surface area (Å²) < 4.78 is 72.8. The Hall–Kier alpha value is -1.12. The quantitative estimate of drug-likeness (QED) is 0.0540. The summed E-state index contributed by atoms with van der Waals surface area (Å²) >= 11 is 0. The number of hydrogen-bond acceptors (Lipinski definition) is 28. The number of fused-ring (bicyclic) bond motifs is 7. The normalized spacial score (nSPS) is 54.9. The van der Waals surface area contributed by atoms with Crippen LogP contribution in [0.25, 0.3) is 0 Å². The number of aliphatic hydroxyl groups is 16. The average Bonchev–Trinajstić information content (AvgIpc) is 1.60. The summed E-state index contributed by atoms with van der Waals surface area (Å²) in [5, 5.41) is 170. The minimum absolute atomic E-state index is 0.00540. The molecular formula is C57H96O28. The third-order valence-electron chi connectivity index (χ3n) is 22.1. The molecule has 0 aromatic rings. The molecule has 10 rings (SSSR count). The first-order valence-electron chi connectivity index (χ1n) is 30.7. The summed E-state index contributed by atoms with van der Waals surface area (Å²) in [5.41, 5.74) is 0.0173. The Labute approximate surface area is 493 Å². The van der Waals surface area contributed by atoms with Crippen molar-refractivity contribution < 1.29 is 139 Å². The standard InChI is InChI=1S/C57H96O28/c1-22(20-75-50-44(71)40(67)37(64)31(16-58)78-50)8-13-57(74-5)23(2)35-30(85-57)15-28-26-7-6-24-14-25(9-11-55(24,3)27(26)10-12-56(28,35)4)77-52-46(73)42(69)47(34(19-61)81-52)82-54-49(84-53-45(72)41(68)38(65)32(17-59)79-53)48(39(66)33(18-60)80-54)83-51-43(70)36(63)29(62)21-76-51/h22-54,58-73H,6-21H2,1-5H3/t22-,23-,24-,25-,26?,27?,28?,29+,30?,31+,32+,33+,34+,35?,36-,37+,38+,39+,40-,41-,42+,43+,44+,45+,46+,47-,48-,49+,50+,51-,52+,53-,54-,55-,56-,57+/m0/s1. The van der Waals surface area contributed by atoms with E-state index in [1.54, 1.807) is 7.11 Å². The molecule has 28 nitrogen and oxygen atoms in total. The molecule has 5 unspecified atom stereocenters. The highest BCUT2D eigenvalue weighted by atomic mass is 16.8. The van der Waals surface area contributed by atoms with E-state index < -0.39 is 192 Å². The summed E-state index contributed by atoms with van der Waals surface area (Å²) in [6, 6.07) is 0. The second-order valence-electron chi connectivity index (χ2n) is 26.8. The van der Waals surface area contributed by atoms with E-state index in [2.05, 4.69) is 20.8 Å². The third kappa shape index (κ3) is 12.3. The van der Waals surface area contributed by atoms with Crippen molar-refractivity contribution in [2.24, 2.45) is 52.3 Å².